The topological polar surface area (TPSA) is 19.4 Å². The van der Waals surface area contributed by atoms with Gasteiger partial charge in [-0.1, -0.05) is 42.5 Å². The van der Waals surface area contributed by atoms with Gasteiger partial charge in [-0.15, -0.1) is 11.3 Å². The molecule has 24 heavy (non-hydrogen) atoms. The zero-order valence-corrected chi connectivity index (χ0v) is 14.0. The Bertz CT molecular complexity index is 810. The van der Waals surface area contributed by atoms with Crippen LogP contribution in [0, 0.1) is 5.82 Å². The molecule has 2 heterocycles. The summed E-state index contributed by atoms with van der Waals surface area (Å²) in [5, 5.41) is 3.15. The maximum Gasteiger partial charge on any atom is 0.185 e. The number of para-hydroxylation sites is 1. The van der Waals surface area contributed by atoms with E-state index in [1.54, 1.807) is 17.4 Å². The molecule has 0 spiro atoms. The van der Waals surface area contributed by atoms with Gasteiger partial charge in [-0.2, -0.15) is 0 Å². The summed E-state index contributed by atoms with van der Waals surface area (Å²) in [5.41, 5.74) is 2.86. The van der Waals surface area contributed by atoms with E-state index in [2.05, 4.69) is 27.3 Å². The van der Waals surface area contributed by atoms with Crippen LogP contribution in [0.15, 0.2) is 60.0 Å². The minimum atomic E-state index is -0.147. The van der Waals surface area contributed by atoms with Crippen molar-refractivity contribution < 1.29 is 4.39 Å². The summed E-state index contributed by atoms with van der Waals surface area (Å²) in [4.78, 5) is 9.17. The Morgan fingerprint density at radius 1 is 0.833 bits per heavy atom. The van der Waals surface area contributed by atoms with Gasteiger partial charge >= 0.3 is 0 Å². The molecule has 1 fully saturated rings. The molecular formula is C19H18FN3S. The number of nitrogens with zero attached hydrogens (tertiary/aromatic N) is 3. The van der Waals surface area contributed by atoms with Crippen molar-refractivity contribution in [1.82, 2.24) is 4.98 Å². The fourth-order valence-electron chi connectivity index (χ4n) is 3.00. The molecule has 5 heteroatoms. The lowest BCUT2D eigenvalue weighted by Crippen LogP contribution is -2.46. The number of hydrogen-bond acceptors (Lipinski definition) is 4. The normalized spacial score (nSPS) is 14.9. The number of halogens is 1. The minimum Gasteiger partial charge on any atom is -0.366 e. The van der Waals surface area contributed by atoms with Crippen molar-refractivity contribution in [3.8, 4) is 11.3 Å². The van der Waals surface area contributed by atoms with E-state index >= 15 is 0 Å². The van der Waals surface area contributed by atoms with Gasteiger partial charge in [-0.05, 0) is 12.1 Å². The second-order valence-electron chi connectivity index (χ2n) is 5.81. The largest absolute Gasteiger partial charge is 0.366 e. The molecule has 1 aliphatic rings. The predicted octanol–water partition coefficient (Wildman–Crippen LogP) is 4.28. The molecule has 0 aliphatic carbocycles. The van der Waals surface area contributed by atoms with Gasteiger partial charge in [0.15, 0.2) is 5.13 Å². The van der Waals surface area contributed by atoms with Gasteiger partial charge in [-0.3, -0.25) is 0 Å². The molecule has 0 saturated carbocycles. The summed E-state index contributed by atoms with van der Waals surface area (Å²) in [6, 6.07) is 17.2. The molecule has 1 aliphatic heterocycles. The maximum atomic E-state index is 13.9. The van der Waals surface area contributed by atoms with Crippen LogP contribution in [0.5, 0.6) is 0 Å². The van der Waals surface area contributed by atoms with E-state index in [0.29, 0.717) is 5.69 Å². The van der Waals surface area contributed by atoms with Gasteiger partial charge in [0, 0.05) is 37.1 Å². The summed E-state index contributed by atoms with van der Waals surface area (Å²) >= 11 is 1.67. The number of piperazine rings is 1. The highest BCUT2D eigenvalue weighted by Crippen LogP contribution is 2.29. The Kier molecular flexibility index (Phi) is 4.17. The van der Waals surface area contributed by atoms with Crippen LogP contribution in [0.2, 0.25) is 0 Å². The molecule has 0 atom stereocenters. The Balaban J connectivity index is 1.45. The van der Waals surface area contributed by atoms with Gasteiger partial charge in [0.25, 0.3) is 0 Å². The van der Waals surface area contributed by atoms with Crippen molar-refractivity contribution >= 4 is 22.2 Å². The average Bonchev–Trinajstić information content (AvgIpc) is 3.13. The van der Waals surface area contributed by atoms with Crippen LogP contribution in [-0.4, -0.2) is 31.2 Å². The Labute approximate surface area is 145 Å². The monoisotopic (exact) mass is 339 g/mol. The first-order valence-corrected chi connectivity index (χ1v) is 8.94. The highest BCUT2D eigenvalue weighted by molar-refractivity contribution is 7.14. The van der Waals surface area contributed by atoms with Crippen molar-refractivity contribution in [2.75, 3.05) is 36.0 Å². The van der Waals surface area contributed by atoms with Gasteiger partial charge < -0.3 is 9.80 Å². The summed E-state index contributed by atoms with van der Waals surface area (Å²) in [7, 11) is 0. The fraction of sp³-hybridized carbons (Fsp3) is 0.211. The first-order valence-electron chi connectivity index (χ1n) is 8.06. The Hall–Kier alpha value is -2.40. The molecule has 1 saturated heterocycles. The van der Waals surface area contributed by atoms with Gasteiger partial charge in [0.1, 0.15) is 5.82 Å². The van der Waals surface area contributed by atoms with E-state index < -0.39 is 0 Å². The molecule has 0 bridgehead atoms. The van der Waals surface area contributed by atoms with E-state index in [1.165, 1.54) is 6.07 Å². The van der Waals surface area contributed by atoms with E-state index in [1.807, 2.05) is 30.3 Å². The Morgan fingerprint density at radius 3 is 2.25 bits per heavy atom. The minimum absolute atomic E-state index is 0.147. The number of aromatic nitrogens is 1. The third-order valence-electron chi connectivity index (χ3n) is 4.30. The zero-order valence-electron chi connectivity index (χ0n) is 13.2. The molecule has 1 aromatic heterocycles. The molecule has 3 aromatic rings. The lowest BCUT2D eigenvalue weighted by atomic mass is 10.2. The van der Waals surface area contributed by atoms with Gasteiger partial charge in [-0.25, -0.2) is 9.37 Å². The SMILES string of the molecule is Fc1ccccc1N1CCN(c2nc(-c3ccccc3)cs2)CC1. The molecule has 0 amide bonds. The van der Waals surface area contributed by atoms with Crippen LogP contribution in [-0.2, 0) is 0 Å². The maximum absolute atomic E-state index is 13.9. The molecular weight excluding hydrogens is 321 g/mol. The number of hydrogen-bond donors (Lipinski definition) is 0. The van der Waals surface area contributed by atoms with Crippen molar-refractivity contribution in [3.05, 3.63) is 65.8 Å². The van der Waals surface area contributed by atoms with E-state index in [9.17, 15) is 4.39 Å². The van der Waals surface area contributed by atoms with Crippen molar-refractivity contribution in [2.45, 2.75) is 0 Å². The lowest BCUT2D eigenvalue weighted by Gasteiger charge is -2.36. The Morgan fingerprint density at radius 2 is 1.50 bits per heavy atom. The smallest absolute Gasteiger partial charge is 0.185 e. The third-order valence-corrected chi connectivity index (χ3v) is 5.21. The number of anilines is 2. The second-order valence-corrected chi connectivity index (χ2v) is 6.64. The summed E-state index contributed by atoms with van der Waals surface area (Å²) in [6.07, 6.45) is 0. The summed E-state index contributed by atoms with van der Waals surface area (Å²) in [6.45, 7) is 3.33. The van der Waals surface area contributed by atoms with Crippen molar-refractivity contribution in [2.24, 2.45) is 0 Å². The predicted molar refractivity (Wildman–Crippen MR) is 98.4 cm³/mol. The van der Waals surface area contributed by atoms with Crippen LogP contribution in [0.3, 0.4) is 0 Å². The number of benzene rings is 2. The van der Waals surface area contributed by atoms with E-state index in [0.717, 1.165) is 42.6 Å². The zero-order chi connectivity index (χ0) is 16.4. The van der Waals surface area contributed by atoms with Crippen LogP contribution < -0.4 is 9.80 Å². The average molecular weight is 339 g/mol. The van der Waals surface area contributed by atoms with E-state index in [-0.39, 0.29) is 5.82 Å². The molecule has 3 nitrogen and oxygen atoms in total. The molecule has 0 unspecified atom stereocenters. The fourth-order valence-corrected chi connectivity index (χ4v) is 3.89. The van der Waals surface area contributed by atoms with Crippen molar-refractivity contribution in [1.29, 1.82) is 0 Å². The molecule has 0 radical (unpaired) electrons. The van der Waals surface area contributed by atoms with Crippen LogP contribution in [0.4, 0.5) is 15.2 Å². The van der Waals surface area contributed by atoms with Crippen LogP contribution in [0.1, 0.15) is 0 Å². The molecule has 4 rings (SSSR count). The summed E-state index contributed by atoms with van der Waals surface area (Å²) in [5.74, 6) is -0.147. The molecule has 122 valence electrons. The lowest BCUT2D eigenvalue weighted by molar-refractivity contribution is 0.597. The van der Waals surface area contributed by atoms with Crippen molar-refractivity contribution in [3.63, 3.8) is 0 Å². The van der Waals surface area contributed by atoms with Crippen LogP contribution >= 0.6 is 11.3 Å². The third kappa shape index (κ3) is 2.99. The number of rotatable bonds is 3. The highest BCUT2D eigenvalue weighted by Gasteiger charge is 2.21. The van der Waals surface area contributed by atoms with Gasteiger partial charge in [0.2, 0.25) is 0 Å². The molecule has 2 aromatic carbocycles. The van der Waals surface area contributed by atoms with Gasteiger partial charge in [0.05, 0.1) is 11.4 Å². The highest BCUT2D eigenvalue weighted by atomic mass is 32.1. The number of thiazole rings is 1. The summed E-state index contributed by atoms with van der Waals surface area (Å²) < 4.78 is 13.9. The van der Waals surface area contributed by atoms with Crippen LogP contribution in [0.25, 0.3) is 11.3 Å². The first-order chi connectivity index (χ1) is 11.8. The standard InChI is InChI=1S/C19H18FN3S/c20-16-8-4-5-9-18(16)22-10-12-23(13-11-22)19-21-17(14-24-19)15-6-2-1-3-7-15/h1-9,14H,10-13H2. The first kappa shape index (κ1) is 15.1. The second kappa shape index (κ2) is 6.61. The van der Waals surface area contributed by atoms with E-state index in [4.69, 9.17) is 4.98 Å². The molecule has 0 N–H and O–H groups in total. The quantitative estimate of drug-likeness (QED) is 0.710.